The number of rotatable bonds is 3. The Morgan fingerprint density at radius 2 is 2.10 bits per heavy atom. The highest BCUT2D eigenvalue weighted by molar-refractivity contribution is 5.87. The number of aromatic amines is 1. The molecule has 160 valence electrons. The van der Waals surface area contributed by atoms with Gasteiger partial charge in [0, 0.05) is 13.1 Å². The van der Waals surface area contributed by atoms with Crippen LogP contribution in [0, 0.1) is 0 Å². The first kappa shape index (κ1) is 21.3. The quantitative estimate of drug-likeness (QED) is 0.266. The molecule has 30 heavy (non-hydrogen) atoms. The van der Waals surface area contributed by atoms with Gasteiger partial charge in [-0.3, -0.25) is 9.36 Å². The van der Waals surface area contributed by atoms with Crippen molar-refractivity contribution in [3.05, 3.63) is 35.4 Å². The Labute approximate surface area is 168 Å². The molecule has 1 saturated heterocycles. The van der Waals surface area contributed by atoms with E-state index in [-0.39, 0.29) is 11.7 Å². The van der Waals surface area contributed by atoms with Gasteiger partial charge in [0.25, 0.3) is 0 Å². The number of carbonyl (C=O) groups excluding carboxylic acids is 1. The van der Waals surface area contributed by atoms with Crippen molar-refractivity contribution < 1.29 is 24.9 Å². The molecule has 0 unspecified atom stereocenters. The number of carbonyl (C=O) groups is 1. The summed E-state index contributed by atoms with van der Waals surface area (Å²) in [7, 11) is 0. The molecule has 3 aromatic rings. The van der Waals surface area contributed by atoms with Crippen LogP contribution in [0.4, 0.5) is 11.6 Å². The molecule has 1 aliphatic heterocycles. The van der Waals surface area contributed by atoms with E-state index in [2.05, 4.69) is 30.2 Å². The maximum atomic E-state index is 11.8. The molecule has 1 amide bonds. The number of nitrogens with two attached hydrogens (primary N) is 1. The monoisotopic (exact) mass is 420 g/mol. The number of ether oxygens (including phenoxy) is 1. The molecule has 0 aliphatic carbocycles. The molecule has 4 atom stereocenters. The first-order chi connectivity index (χ1) is 14.3. The second-order valence-electron chi connectivity index (χ2n) is 6.27. The maximum Gasteiger partial charge on any atom is 0.351 e. The van der Waals surface area contributed by atoms with Gasteiger partial charge < -0.3 is 36.1 Å². The number of anilines is 2. The number of aliphatic hydroxyl groups excluding tert-OH is 3. The van der Waals surface area contributed by atoms with E-state index in [4.69, 9.17) is 15.6 Å². The molecule has 0 aromatic carbocycles. The number of fused-ring (bicyclic) bond motifs is 1. The normalized spacial score (nSPS) is 23.1. The van der Waals surface area contributed by atoms with Crippen molar-refractivity contribution in [1.29, 1.82) is 0 Å². The summed E-state index contributed by atoms with van der Waals surface area (Å²) < 4.78 is 6.19. The first-order valence-electron chi connectivity index (χ1n) is 8.70. The van der Waals surface area contributed by atoms with E-state index in [9.17, 15) is 19.8 Å². The SMILES string of the molecule is CC(=O)Nc1ccn([C@@H]2O[C@H](CO)[C@@H](O)[C@H]2O)c(=O)n1.Nc1ncnc2nc[nH]c12. The summed E-state index contributed by atoms with van der Waals surface area (Å²) in [5.41, 5.74) is 6.02. The smallest absolute Gasteiger partial charge is 0.351 e. The van der Waals surface area contributed by atoms with E-state index in [1.165, 1.54) is 31.8 Å². The predicted molar refractivity (Wildman–Crippen MR) is 102 cm³/mol. The highest BCUT2D eigenvalue weighted by Crippen LogP contribution is 2.28. The fourth-order valence-corrected chi connectivity index (χ4v) is 2.75. The van der Waals surface area contributed by atoms with Gasteiger partial charge in [-0.15, -0.1) is 0 Å². The summed E-state index contributed by atoms with van der Waals surface area (Å²) in [4.78, 5) is 40.6. The number of nitrogens with zero attached hydrogens (tertiary/aromatic N) is 5. The minimum atomic E-state index is -1.36. The van der Waals surface area contributed by atoms with Crippen molar-refractivity contribution >= 4 is 28.7 Å². The molecule has 4 rings (SSSR count). The molecule has 1 fully saturated rings. The van der Waals surface area contributed by atoms with Crippen molar-refractivity contribution in [2.45, 2.75) is 31.5 Å². The third-order valence-corrected chi connectivity index (χ3v) is 4.18. The van der Waals surface area contributed by atoms with Crippen LogP contribution in [0.5, 0.6) is 0 Å². The Balaban J connectivity index is 0.000000212. The minimum Gasteiger partial charge on any atom is -0.394 e. The second kappa shape index (κ2) is 8.91. The van der Waals surface area contributed by atoms with E-state index in [1.807, 2.05) is 0 Å². The Kier molecular flexibility index (Phi) is 6.31. The number of imidazole rings is 1. The lowest BCUT2D eigenvalue weighted by Gasteiger charge is -2.17. The lowest BCUT2D eigenvalue weighted by molar-refractivity contribution is -0.114. The van der Waals surface area contributed by atoms with Crippen LogP contribution in [-0.4, -0.2) is 75.6 Å². The predicted octanol–water partition coefficient (Wildman–Crippen LogP) is -2.25. The number of nitrogens with one attached hydrogen (secondary N) is 2. The molecule has 0 radical (unpaired) electrons. The van der Waals surface area contributed by atoms with E-state index in [0.717, 1.165) is 4.57 Å². The van der Waals surface area contributed by atoms with Gasteiger partial charge in [0.1, 0.15) is 36.0 Å². The van der Waals surface area contributed by atoms with Gasteiger partial charge in [0.15, 0.2) is 17.7 Å². The average Bonchev–Trinajstić information content (AvgIpc) is 3.29. The van der Waals surface area contributed by atoms with Crippen molar-refractivity contribution in [2.24, 2.45) is 0 Å². The van der Waals surface area contributed by atoms with Gasteiger partial charge in [-0.1, -0.05) is 0 Å². The number of H-pyrrole nitrogens is 1. The second-order valence-corrected chi connectivity index (χ2v) is 6.27. The van der Waals surface area contributed by atoms with E-state index < -0.39 is 36.8 Å². The number of aliphatic hydroxyl groups is 3. The summed E-state index contributed by atoms with van der Waals surface area (Å²) >= 11 is 0. The summed E-state index contributed by atoms with van der Waals surface area (Å²) in [6.07, 6.45) is -0.578. The lowest BCUT2D eigenvalue weighted by Crippen LogP contribution is -2.36. The molecule has 0 saturated carbocycles. The zero-order valence-electron chi connectivity index (χ0n) is 15.7. The number of nitrogen functional groups attached to an aromatic ring is 1. The van der Waals surface area contributed by atoms with Gasteiger partial charge >= 0.3 is 5.69 Å². The molecule has 0 spiro atoms. The molecule has 4 heterocycles. The maximum absolute atomic E-state index is 11.8. The number of hydrogen-bond donors (Lipinski definition) is 6. The minimum absolute atomic E-state index is 0.0745. The largest absolute Gasteiger partial charge is 0.394 e. The summed E-state index contributed by atoms with van der Waals surface area (Å²) in [5, 5.41) is 30.8. The average molecular weight is 420 g/mol. The molecule has 1 aliphatic rings. The van der Waals surface area contributed by atoms with E-state index in [0.29, 0.717) is 17.0 Å². The topological polar surface area (TPSA) is 214 Å². The van der Waals surface area contributed by atoms with Gasteiger partial charge in [-0.2, -0.15) is 4.98 Å². The van der Waals surface area contributed by atoms with Crippen molar-refractivity contribution in [3.8, 4) is 0 Å². The summed E-state index contributed by atoms with van der Waals surface area (Å²) in [6, 6.07) is 1.36. The third kappa shape index (κ3) is 4.41. The van der Waals surface area contributed by atoms with Crippen molar-refractivity contribution in [1.82, 2.24) is 29.5 Å². The molecule has 14 nitrogen and oxygen atoms in total. The van der Waals surface area contributed by atoms with Crippen LogP contribution in [0.25, 0.3) is 11.2 Å². The van der Waals surface area contributed by atoms with E-state index >= 15 is 0 Å². The lowest BCUT2D eigenvalue weighted by atomic mass is 10.1. The molecular weight excluding hydrogens is 400 g/mol. The van der Waals surface area contributed by atoms with Gasteiger partial charge in [-0.05, 0) is 6.07 Å². The van der Waals surface area contributed by atoms with Gasteiger partial charge in [0.2, 0.25) is 5.91 Å². The third-order valence-electron chi connectivity index (χ3n) is 4.18. The molecule has 7 N–H and O–H groups in total. The van der Waals surface area contributed by atoms with Crippen molar-refractivity contribution in [3.63, 3.8) is 0 Å². The van der Waals surface area contributed by atoms with E-state index in [1.54, 1.807) is 0 Å². The van der Waals surface area contributed by atoms with Crippen LogP contribution in [-0.2, 0) is 9.53 Å². The van der Waals surface area contributed by atoms with Gasteiger partial charge in [-0.25, -0.2) is 19.7 Å². The Morgan fingerprint density at radius 3 is 2.70 bits per heavy atom. The zero-order valence-corrected chi connectivity index (χ0v) is 15.7. The number of aromatic nitrogens is 6. The fourth-order valence-electron chi connectivity index (χ4n) is 2.75. The Bertz CT molecular complexity index is 1080. The van der Waals surface area contributed by atoms with Crippen LogP contribution >= 0.6 is 0 Å². The van der Waals surface area contributed by atoms with Crippen LogP contribution < -0.4 is 16.7 Å². The summed E-state index contributed by atoms with van der Waals surface area (Å²) in [5.74, 6) is 0.135. The van der Waals surface area contributed by atoms with Crippen LogP contribution in [0.1, 0.15) is 13.2 Å². The number of amides is 1. The molecule has 3 aromatic heterocycles. The molecule has 14 heteroatoms. The molecular formula is C16H20N8O6. The Morgan fingerprint density at radius 1 is 1.33 bits per heavy atom. The highest BCUT2D eigenvalue weighted by Gasteiger charge is 2.43. The fraction of sp³-hybridized carbons (Fsp3) is 0.375. The first-order valence-corrected chi connectivity index (χ1v) is 8.70. The Hall–Kier alpha value is -3.46. The number of hydrogen-bond acceptors (Lipinski definition) is 11. The zero-order chi connectivity index (χ0) is 21.8. The van der Waals surface area contributed by atoms with Crippen LogP contribution in [0.2, 0.25) is 0 Å². The van der Waals surface area contributed by atoms with Crippen LogP contribution in [0.3, 0.4) is 0 Å². The van der Waals surface area contributed by atoms with Crippen LogP contribution in [0.15, 0.2) is 29.7 Å². The van der Waals surface area contributed by atoms with Gasteiger partial charge in [0.05, 0.1) is 12.9 Å². The summed E-state index contributed by atoms with van der Waals surface area (Å²) in [6.45, 7) is 0.792. The van der Waals surface area contributed by atoms with Crippen molar-refractivity contribution in [2.75, 3.05) is 17.7 Å². The highest BCUT2D eigenvalue weighted by atomic mass is 16.6. The molecule has 0 bridgehead atoms. The standard InChI is InChI=1S/C11H15N3O6.C5H5N5/c1-5(16)12-7-2-3-14(11(19)13-7)10-9(18)8(17)6(4-15)20-10;6-4-3-5(9-1-7-3)10-2-8-4/h2-3,6,8-10,15,17-18H,4H2,1H3,(H,12,13,16,19);1-2H,(H3,6,7,8,9,10)/t6-,8-,9-,10-;/m1./s1.